The van der Waals surface area contributed by atoms with Gasteiger partial charge in [0.1, 0.15) is 0 Å². The molecule has 0 spiro atoms. The van der Waals surface area contributed by atoms with Gasteiger partial charge in [-0.05, 0) is 50.8 Å². The van der Waals surface area contributed by atoms with E-state index in [0.717, 1.165) is 41.9 Å². The van der Waals surface area contributed by atoms with Crippen LogP contribution in [0, 0.1) is 19.8 Å². The Balaban J connectivity index is 1.70. The van der Waals surface area contributed by atoms with Crippen LogP contribution in [-0.2, 0) is 13.1 Å². The zero-order valence-electron chi connectivity index (χ0n) is 20.0. The van der Waals surface area contributed by atoms with Crippen molar-refractivity contribution < 1.29 is 4.79 Å². The van der Waals surface area contributed by atoms with Gasteiger partial charge < -0.3 is 4.57 Å². The number of aryl methyl sites for hydroxylation is 2. The zero-order chi connectivity index (χ0) is 23.7. The van der Waals surface area contributed by atoms with Gasteiger partial charge in [-0.25, -0.2) is 0 Å². The van der Waals surface area contributed by atoms with Crippen molar-refractivity contribution in [3.63, 3.8) is 0 Å². The van der Waals surface area contributed by atoms with E-state index in [-0.39, 0.29) is 17.1 Å². The van der Waals surface area contributed by atoms with E-state index >= 15 is 0 Å². The van der Waals surface area contributed by atoms with Crippen LogP contribution in [-0.4, -0.2) is 35.3 Å². The lowest BCUT2D eigenvalue weighted by molar-refractivity contribution is 0.102. The number of hydrogen-bond acceptors (Lipinski definition) is 5. The molecule has 0 bridgehead atoms. The molecule has 0 N–H and O–H groups in total. The lowest BCUT2D eigenvalue weighted by atomic mass is 10.1. The highest BCUT2D eigenvalue weighted by Crippen LogP contribution is 2.24. The molecule has 1 aromatic carbocycles. The van der Waals surface area contributed by atoms with Crippen molar-refractivity contribution >= 4 is 34.2 Å². The average molecular weight is 466 g/mol. The standard InChI is InChI=1S/C25H31N5O2S/c1-6-12-28-17(4)14-20(18(28)5)22(31)15-33-25-27-26-24-29(13-11-16(2)3)23(32)19-9-7-8-10-21(19)30(24)25/h7-10,14,16H,6,11-13,15H2,1-5H3. The van der Waals surface area contributed by atoms with Crippen molar-refractivity contribution in [1.82, 2.24) is 23.7 Å². The number of para-hydroxylation sites is 1. The summed E-state index contributed by atoms with van der Waals surface area (Å²) in [4.78, 5) is 26.2. The topological polar surface area (TPSA) is 74.2 Å². The third kappa shape index (κ3) is 4.36. The molecule has 4 aromatic rings. The third-order valence-electron chi connectivity index (χ3n) is 6.06. The molecule has 4 rings (SSSR count). The van der Waals surface area contributed by atoms with Crippen LogP contribution >= 0.6 is 11.8 Å². The van der Waals surface area contributed by atoms with E-state index in [9.17, 15) is 9.59 Å². The van der Waals surface area contributed by atoms with E-state index in [2.05, 4.69) is 35.5 Å². The predicted molar refractivity (Wildman–Crippen MR) is 133 cm³/mol. The Labute approximate surface area is 197 Å². The number of ketones is 1. The molecule has 174 valence electrons. The lowest BCUT2D eigenvalue weighted by Crippen LogP contribution is -2.24. The summed E-state index contributed by atoms with van der Waals surface area (Å²) in [6.07, 6.45) is 1.89. The van der Waals surface area contributed by atoms with E-state index < -0.39 is 0 Å². The number of aromatic nitrogens is 5. The normalized spacial score (nSPS) is 11.8. The molecule has 7 nitrogen and oxygen atoms in total. The lowest BCUT2D eigenvalue weighted by Gasteiger charge is -2.12. The van der Waals surface area contributed by atoms with Gasteiger partial charge in [0, 0.05) is 30.0 Å². The number of carbonyl (C=O) groups excluding carboxylic acids is 1. The second-order valence-electron chi connectivity index (χ2n) is 8.92. The van der Waals surface area contributed by atoms with Crippen molar-refractivity contribution in [2.75, 3.05) is 5.75 Å². The molecule has 0 amide bonds. The van der Waals surface area contributed by atoms with Gasteiger partial charge in [-0.15, -0.1) is 10.2 Å². The monoisotopic (exact) mass is 465 g/mol. The first-order valence-electron chi connectivity index (χ1n) is 11.5. The molecule has 0 aliphatic rings. The van der Waals surface area contributed by atoms with E-state index in [0.29, 0.717) is 28.8 Å². The van der Waals surface area contributed by atoms with Crippen molar-refractivity contribution in [1.29, 1.82) is 0 Å². The quantitative estimate of drug-likeness (QED) is 0.260. The van der Waals surface area contributed by atoms with Crippen molar-refractivity contribution in [3.05, 3.63) is 57.6 Å². The van der Waals surface area contributed by atoms with Gasteiger partial charge in [0.15, 0.2) is 10.9 Å². The summed E-state index contributed by atoms with van der Waals surface area (Å²) in [6, 6.07) is 9.50. The number of nitrogens with zero attached hydrogens (tertiary/aromatic N) is 5. The molecular formula is C25H31N5O2S. The number of Topliss-reactive ketones (excluding diaryl/α,β-unsaturated/α-hetero) is 1. The molecule has 0 saturated heterocycles. The summed E-state index contributed by atoms with van der Waals surface area (Å²) in [5.41, 5.74) is 3.59. The summed E-state index contributed by atoms with van der Waals surface area (Å²) in [5.74, 6) is 1.32. The smallest absolute Gasteiger partial charge is 0.262 e. The van der Waals surface area contributed by atoms with Crippen LogP contribution in [0.1, 0.15) is 55.4 Å². The SMILES string of the molecule is CCCn1c(C)cc(C(=O)CSc2nnc3n(CCC(C)C)c(=O)c4ccccc4n23)c1C. The Morgan fingerprint density at radius 2 is 1.85 bits per heavy atom. The highest BCUT2D eigenvalue weighted by molar-refractivity contribution is 7.99. The maximum absolute atomic E-state index is 13.2. The average Bonchev–Trinajstić information content (AvgIpc) is 3.34. The molecular weight excluding hydrogens is 434 g/mol. The van der Waals surface area contributed by atoms with Crippen LogP contribution in [0.3, 0.4) is 0 Å². The maximum Gasteiger partial charge on any atom is 0.262 e. The molecule has 0 aliphatic heterocycles. The molecule has 3 aromatic heterocycles. The maximum atomic E-state index is 13.2. The Bertz CT molecular complexity index is 1380. The van der Waals surface area contributed by atoms with Crippen LogP contribution in [0.5, 0.6) is 0 Å². The summed E-state index contributed by atoms with van der Waals surface area (Å²) in [5, 5.41) is 9.98. The summed E-state index contributed by atoms with van der Waals surface area (Å²) in [6.45, 7) is 11.9. The molecule has 0 saturated carbocycles. The Kier molecular flexibility index (Phi) is 6.74. The van der Waals surface area contributed by atoms with E-state index in [1.54, 1.807) is 4.57 Å². The predicted octanol–water partition coefficient (Wildman–Crippen LogP) is 4.89. The van der Waals surface area contributed by atoms with E-state index in [4.69, 9.17) is 0 Å². The van der Waals surface area contributed by atoms with Crippen LogP contribution in [0.2, 0.25) is 0 Å². The van der Waals surface area contributed by atoms with Gasteiger partial charge in [0.2, 0.25) is 5.78 Å². The minimum atomic E-state index is -0.0536. The van der Waals surface area contributed by atoms with Gasteiger partial charge in [-0.3, -0.25) is 18.6 Å². The number of hydrogen-bond donors (Lipinski definition) is 0. The fourth-order valence-electron chi connectivity index (χ4n) is 4.27. The number of benzene rings is 1. The van der Waals surface area contributed by atoms with Gasteiger partial charge in [0.05, 0.1) is 16.7 Å². The third-order valence-corrected chi connectivity index (χ3v) is 6.99. The van der Waals surface area contributed by atoms with Crippen LogP contribution in [0.15, 0.2) is 40.3 Å². The number of carbonyl (C=O) groups is 1. The second kappa shape index (κ2) is 9.55. The molecule has 0 radical (unpaired) electrons. The Hall–Kier alpha value is -2.87. The van der Waals surface area contributed by atoms with Gasteiger partial charge >= 0.3 is 0 Å². The largest absolute Gasteiger partial charge is 0.348 e. The van der Waals surface area contributed by atoms with Gasteiger partial charge in [0.25, 0.3) is 5.56 Å². The number of rotatable bonds is 9. The summed E-state index contributed by atoms with van der Waals surface area (Å²) in [7, 11) is 0. The molecule has 0 fully saturated rings. The highest BCUT2D eigenvalue weighted by Gasteiger charge is 2.20. The molecule has 0 aliphatic carbocycles. The van der Waals surface area contributed by atoms with Crippen molar-refractivity contribution in [2.45, 2.75) is 65.7 Å². The van der Waals surface area contributed by atoms with Crippen molar-refractivity contribution in [2.24, 2.45) is 5.92 Å². The minimum absolute atomic E-state index is 0.0536. The first kappa shape index (κ1) is 23.3. The van der Waals surface area contributed by atoms with Gasteiger partial charge in [-0.2, -0.15) is 0 Å². The summed E-state index contributed by atoms with van der Waals surface area (Å²) < 4.78 is 5.82. The zero-order valence-corrected chi connectivity index (χ0v) is 20.8. The number of fused-ring (bicyclic) bond motifs is 3. The summed E-state index contributed by atoms with van der Waals surface area (Å²) >= 11 is 1.37. The molecule has 33 heavy (non-hydrogen) atoms. The van der Waals surface area contributed by atoms with Gasteiger partial charge in [-0.1, -0.05) is 44.7 Å². The highest BCUT2D eigenvalue weighted by atomic mass is 32.2. The van der Waals surface area contributed by atoms with Crippen LogP contribution in [0.4, 0.5) is 0 Å². The number of thioether (sulfide) groups is 1. The van der Waals surface area contributed by atoms with Crippen molar-refractivity contribution in [3.8, 4) is 0 Å². The van der Waals surface area contributed by atoms with E-state index in [1.165, 1.54) is 11.8 Å². The molecule has 3 heterocycles. The molecule has 0 unspecified atom stereocenters. The minimum Gasteiger partial charge on any atom is -0.348 e. The van der Waals surface area contributed by atoms with Crippen LogP contribution in [0.25, 0.3) is 16.7 Å². The molecule has 0 atom stereocenters. The first-order valence-corrected chi connectivity index (χ1v) is 12.5. The second-order valence-corrected chi connectivity index (χ2v) is 9.87. The fraction of sp³-hybridized carbons (Fsp3) is 0.440. The molecule has 8 heteroatoms. The van der Waals surface area contributed by atoms with Crippen LogP contribution < -0.4 is 5.56 Å². The Morgan fingerprint density at radius 1 is 1.09 bits per heavy atom. The van der Waals surface area contributed by atoms with E-state index in [1.807, 2.05) is 48.6 Å². The Morgan fingerprint density at radius 3 is 2.58 bits per heavy atom. The first-order chi connectivity index (χ1) is 15.8. The fourth-order valence-corrected chi connectivity index (χ4v) is 5.10.